The van der Waals surface area contributed by atoms with Crippen molar-refractivity contribution in [1.29, 1.82) is 0 Å². The lowest BCUT2D eigenvalue weighted by atomic mass is 10.2. The lowest BCUT2D eigenvalue weighted by molar-refractivity contribution is 0.517. The molecule has 1 aromatic carbocycles. The third-order valence-corrected chi connectivity index (χ3v) is 3.69. The molecule has 0 amide bonds. The molecular weight excluding hydrogens is 288 g/mol. The maximum atomic E-state index is 5.37. The molecule has 3 heterocycles. The summed E-state index contributed by atoms with van der Waals surface area (Å²) in [5.41, 5.74) is 2.96. The van der Waals surface area contributed by atoms with E-state index in [1.807, 2.05) is 42.5 Å². The van der Waals surface area contributed by atoms with E-state index in [1.54, 1.807) is 12.5 Å². The highest BCUT2D eigenvalue weighted by Gasteiger charge is 2.12. The number of furan rings is 1. The molecule has 0 atom stereocenters. The SMILES string of the molecule is c1ccc(Cn2c(NCc3ccco3)nc3cccnc32)cc1. The molecule has 3 aromatic heterocycles. The van der Waals surface area contributed by atoms with E-state index in [1.165, 1.54) is 5.56 Å². The molecule has 5 heteroatoms. The minimum absolute atomic E-state index is 0.588. The largest absolute Gasteiger partial charge is 0.467 e. The van der Waals surface area contributed by atoms with E-state index in [0.29, 0.717) is 6.54 Å². The molecule has 0 aliphatic carbocycles. The summed E-state index contributed by atoms with van der Waals surface area (Å²) in [7, 11) is 0. The van der Waals surface area contributed by atoms with E-state index in [-0.39, 0.29) is 0 Å². The van der Waals surface area contributed by atoms with Crippen molar-refractivity contribution in [2.24, 2.45) is 0 Å². The van der Waals surface area contributed by atoms with Crippen molar-refractivity contribution in [2.45, 2.75) is 13.1 Å². The van der Waals surface area contributed by atoms with Crippen molar-refractivity contribution >= 4 is 17.1 Å². The third kappa shape index (κ3) is 2.81. The summed E-state index contributed by atoms with van der Waals surface area (Å²) in [4.78, 5) is 9.14. The van der Waals surface area contributed by atoms with Crippen LogP contribution in [-0.4, -0.2) is 14.5 Å². The zero-order valence-corrected chi connectivity index (χ0v) is 12.5. The smallest absolute Gasteiger partial charge is 0.205 e. The van der Waals surface area contributed by atoms with Gasteiger partial charge >= 0.3 is 0 Å². The fourth-order valence-corrected chi connectivity index (χ4v) is 2.59. The third-order valence-electron chi connectivity index (χ3n) is 3.69. The lowest BCUT2D eigenvalue weighted by Crippen LogP contribution is -2.08. The van der Waals surface area contributed by atoms with Gasteiger partial charge in [-0.15, -0.1) is 0 Å². The van der Waals surface area contributed by atoms with Crippen LogP contribution in [0.5, 0.6) is 0 Å². The quantitative estimate of drug-likeness (QED) is 0.611. The maximum absolute atomic E-state index is 5.37. The average Bonchev–Trinajstić information content (AvgIpc) is 3.22. The van der Waals surface area contributed by atoms with Gasteiger partial charge in [-0.25, -0.2) is 9.97 Å². The van der Waals surface area contributed by atoms with E-state index in [0.717, 1.165) is 29.4 Å². The second-order valence-electron chi connectivity index (χ2n) is 5.29. The van der Waals surface area contributed by atoms with Gasteiger partial charge in [-0.2, -0.15) is 0 Å². The Labute approximate surface area is 133 Å². The second kappa shape index (κ2) is 5.96. The van der Waals surface area contributed by atoms with Gasteiger partial charge in [0.2, 0.25) is 5.95 Å². The first-order valence-electron chi connectivity index (χ1n) is 7.51. The minimum atomic E-state index is 0.588. The van der Waals surface area contributed by atoms with E-state index >= 15 is 0 Å². The first-order valence-corrected chi connectivity index (χ1v) is 7.51. The Kier molecular flexibility index (Phi) is 3.52. The van der Waals surface area contributed by atoms with Gasteiger partial charge in [-0.05, 0) is 29.8 Å². The molecule has 1 N–H and O–H groups in total. The fraction of sp³-hybridized carbons (Fsp3) is 0.111. The highest BCUT2D eigenvalue weighted by atomic mass is 16.3. The Morgan fingerprint density at radius 1 is 1.00 bits per heavy atom. The van der Waals surface area contributed by atoms with Crippen molar-refractivity contribution < 1.29 is 4.42 Å². The monoisotopic (exact) mass is 304 g/mol. The number of anilines is 1. The van der Waals surface area contributed by atoms with Crippen LogP contribution in [0.2, 0.25) is 0 Å². The summed E-state index contributed by atoms with van der Waals surface area (Å²) in [6, 6.07) is 18.0. The highest BCUT2D eigenvalue weighted by molar-refractivity contribution is 5.74. The summed E-state index contributed by atoms with van der Waals surface area (Å²) in [5.74, 6) is 1.66. The molecule has 0 fully saturated rings. The molecule has 0 aliphatic heterocycles. The molecule has 0 bridgehead atoms. The summed E-state index contributed by atoms with van der Waals surface area (Å²) < 4.78 is 7.46. The molecule has 4 aromatic rings. The van der Waals surface area contributed by atoms with Crippen LogP contribution >= 0.6 is 0 Å². The summed E-state index contributed by atoms with van der Waals surface area (Å²) in [6.45, 7) is 1.31. The molecular formula is C18H16N4O. The number of fused-ring (bicyclic) bond motifs is 1. The predicted molar refractivity (Wildman–Crippen MR) is 89.1 cm³/mol. The molecule has 4 rings (SSSR count). The number of benzene rings is 1. The van der Waals surface area contributed by atoms with Crippen molar-refractivity contribution in [1.82, 2.24) is 14.5 Å². The Hall–Kier alpha value is -3.08. The molecule has 23 heavy (non-hydrogen) atoms. The molecule has 0 spiro atoms. The standard InChI is InChI=1S/C18H16N4O/c1-2-6-14(7-3-1)13-22-17-16(9-4-10-19-17)21-18(22)20-12-15-8-5-11-23-15/h1-11H,12-13H2,(H,20,21). The maximum Gasteiger partial charge on any atom is 0.205 e. The number of nitrogens with zero attached hydrogens (tertiary/aromatic N) is 3. The molecule has 114 valence electrons. The van der Waals surface area contributed by atoms with Gasteiger partial charge in [-0.1, -0.05) is 30.3 Å². The molecule has 0 aliphatic rings. The van der Waals surface area contributed by atoms with Gasteiger partial charge in [0.15, 0.2) is 5.65 Å². The van der Waals surface area contributed by atoms with Gasteiger partial charge < -0.3 is 9.73 Å². The number of rotatable bonds is 5. The molecule has 0 saturated heterocycles. The molecule has 5 nitrogen and oxygen atoms in total. The van der Waals surface area contributed by atoms with Gasteiger partial charge in [0.25, 0.3) is 0 Å². The van der Waals surface area contributed by atoms with Crippen molar-refractivity contribution in [2.75, 3.05) is 5.32 Å². The van der Waals surface area contributed by atoms with E-state index in [2.05, 4.69) is 32.0 Å². The molecule has 0 unspecified atom stereocenters. The van der Waals surface area contributed by atoms with Crippen LogP contribution in [0, 0.1) is 0 Å². The molecule has 0 saturated carbocycles. The van der Waals surface area contributed by atoms with Gasteiger partial charge in [0.1, 0.15) is 11.3 Å². The van der Waals surface area contributed by atoms with Gasteiger partial charge in [0, 0.05) is 6.20 Å². The van der Waals surface area contributed by atoms with Crippen molar-refractivity contribution in [3.8, 4) is 0 Å². The number of nitrogens with one attached hydrogen (secondary N) is 1. The predicted octanol–water partition coefficient (Wildman–Crippen LogP) is 3.68. The zero-order chi connectivity index (χ0) is 15.5. The van der Waals surface area contributed by atoms with Gasteiger partial charge in [0.05, 0.1) is 19.4 Å². The van der Waals surface area contributed by atoms with Crippen LogP contribution in [0.3, 0.4) is 0 Å². The summed E-state index contributed by atoms with van der Waals surface area (Å²) in [5, 5.41) is 3.34. The summed E-state index contributed by atoms with van der Waals surface area (Å²) in [6.07, 6.45) is 3.47. The van der Waals surface area contributed by atoms with Crippen LogP contribution < -0.4 is 5.32 Å². The Morgan fingerprint density at radius 2 is 1.91 bits per heavy atom. The van der Waals surface area contributed by atoms with Crippen LogP contribution in [0.1, 0.15) is 11.3 Å². The number of pyridine rings is 1. The van der Waals surface area contributed by atoms with Crippen molar-refractivity contribution in [3.05, 3.63) is 78.4 Å². The lowest BCUT2D eigenvalue weighted by Gasteiger charge is -2.09. The minimum Gasteiger partial charge on any atom is -0.467 e. The molecule has 0 radical (unpaired) electrons. The van der Waals surface area contributed by atoms with Crippen LogP contribution in [0.15, 0.2) is 71.5 Å². The fourth-order valence-electron chi connectivity index (χ4n) is 2.59. The van der Waals surface area contributed by atoms with E-state index in [4.69, 9.17) is 4.42 Å². The van der Waals surface area contributed by atoms with Crippen LogP contribution in [0.25, 0.3) is 11.2 Å². The highest BCUT2D eigenvalue weighted by Crippen LogP contribution is 2.20. The number of hydrogen-bond acceptors (Lipinski definition) is 4. The number of hydrogen-bond donors (Lipinski definition) is 1. The van der Waals surface area contributed by atoms with Gasteiger partial charge in [-0.3, -0.25) is 4.57 Å². The topological polar surface area (TPSA) is 55.9 Å². The van der Waals surface area contributed by atoms with Crippen molar-refractivity contribution in [3.63, 3.8) is 0 Å². The Morgan fingerprint density at radius 3 is 2.74 bits per heavy atom. The zero-order valence-electron chi connectivity index (χ0n) is 12.5. The first-order chi connectivity index (χ1) is 11.4. The first kappa shape index (κ1) is 13.6. The van der Waals surface area contributed by atoms with Crippen LogP contribution in [-0.2, 0) is 13.1 Å². The second-order valence-corrected chi connectivity index (χ2v) is 5.29. The Bertz CT molecular complexity index is 897. The Balaban J connectivity index is 1.69. The number of imidazole rings is 1. The van der Waals surface area contributed by atoms with E-state index in [9.17, 15) is 0 Å². The van der Waals surface area contributed by atoms with E-state index < -0.39 is 0 Å². The summed E-state index contributed by atoms with van der Waals surface area (Å²) >= 11 is 0. The van der Waals surface area contributed by atoms with Crippen LogP contribution in [0.4, 0.5) is 5.95 Å². The normalized spacial score (nSPS) is 11.0. The average molecular weight is 304 g/mol. The number of aromatic nitrogens is 3.